The monoisotopic (exact) mass is 296 g/mol. The molecule has 0 radical (unpaired) electrons. The molecule has 2 N–H and O–H groups in total. The molecule has 0 fully saturated rings. The molecule has 0 aromatic heterocycles. The van der Waals surface area contributed by atoms with Crippen LogP contribution in [0.25, 0.3) is 6.08 Å². The van der Waals surface area contributed by atoms with Gasteiger partial charge in [0.2, 0.25) is 0 Å². The number of nitrogens with two attached hydrogens (primary N) is 1. The largest absolute Gasteiger partial charge is 0.488 e. The van der Waals surface area contributed by atoms with Gasteiger partial charge < -0.3 is 15.4 Å². The van der Waals surface area contributed by atoms with Crippen LogP contribution >= 0.6 is 0 Å². The van der Waals surface area contributed by atoms with Crippen molar-refractivity contribution in [1.29, 1.82) is 0 Å². The van der Waals surface area contributed by atoms with Gasteiger partial charge in [-0.25, -0.2) is 0 Å². The summed E-state index contributed by atoms with van der Waals surface area (Å²) in [6, 6.07) is 2.36. The third-order valence-corrected chi connectivity index (χ3v) is 5.32. The molecule has 0 unspecified atom stereocenters. The number of rotatable bonds is 1. The number of benzene rings is 1. The van der Waals surface area contributed by atoms with Crippen LogP contribution in [0.2, 0.25) is 0 Å². The van der Waals surface area contributed by atoms with Crippen LogP contribution in [-0.4, -0.2) is 19.7 Å². The molecular weight excluding hydrogens is 272 g/mol. The SMILES string of the molecule is CC1(C)CCN2CCCc3c4c(cc1c32)C=C(/C=C/N)CO4. The van der Waals surface area contributed by atoms with E-state index in [1.165, 1.54) is 48.3 Å². The standard InChI is InChI=1S/C19H24N2O/c1-19(2)6-9-21-8-3-4-15-17(21)16(19)11-14-10-13(5-7-20)12-22-18(14)15/h5,7,10-11H,3-4,6,8-9,12,20H2,1-2H3/b7-5+. The number of ether oxygens (including phenoxy) is 1. The Labute approximate surface area is 132 Å². The average Bonchev–Trinajstić information content (AvgIpc) is 2.51. The Bertz CT molecular complexity index is 685. The van der Waals surface area contributed by atoms with Crippen molar-refractivity contribution in [2.24, 2.45) is 5.73 Å². The molecule has 22 heavy (non-hydrogen) atoms. The van der Waals surface area contributed by atoms with E-state index in [2.05, 4.69) is 30.9 Å². The van der Waals surface area contributed by atoms with Crippen molar-refractivity contribution in [2.75, 3.05) is 24.6 Å². The summed E-state index contributed by atoms with van der Waals surface area (Å²) in [5.41, 5.74) is 12.5. The fourth-order valence-corrected chi connectivity index (χ4v) is 4.07. The summed E-state index contributed by atoms with van der Waals surface area (Å²) in [6.45, 7) is 7.72. The second kappa shape index (κ2) is 4.80. The Hall–Kier alpha value is -1.90. The first-order valence-electron chi connectivity index (χ1n) is 8.27. The van der Waals surface area contributed by atoms with Gasteiger partial charge in [0.15, 0.2) is 0 Å². The minimum Gasteiger partial charge on any atom is -0.488 e. The van der Waals surface area contributed by atoms with E-state index in [9.17, 15) is 0 Å². The molecule has 3 nitrogen and oxygen atoms in total. The summed E-state index contributed by atoms with van der Waals surface area (Å²) in [6.07, 6.45) is 9.35. The van der Waals surface area contributed by atoms with Gasteiger partial charge in [-0.05, 0) is 60.2 Å². The van der Waals surface area contributed by atoms with E-state index >= 15 is 0 Å². The van der Waals surface area contributed by atoms with Crippen LogP contribution < -0.4 is 15.4 Å². The molecule has 3 aliphatic rings. The Morgan fingerprint density at radius 2 is 2.18 bits per heavy atom. The summed E-state index contributed by atoms with van der Waals surface area (Å²) in [5, 5.41) is 0. The molecule has 0 amide bonds. The zero-order valence-corrected chi connectivity index (χ0v) is 13.5. The quantitative estimate of drug-likeness (QED) is 0.863. The molecule has 3 aliphatic heterocycles. The molecule has 0 saturated heterocycles. The molecule has 3 heteroatoms. The van der Waals surface area contributed by atoms with Gasteiger partial charge in [-0.1, -0.05) is 13.8 Å². The molecule has 1 aromatic rings. The Balaban J connectivity index is 1.95. The zero-order valence-electron chi connectivity index (χ0n) is 13.5. The van der Waals surface area contributed by atoms with Crippen molar-refractivity contribution in [2.45, 2.75) is 38.5 Å². The predicted octanol–water partition coefficient (Wildman–Crippen LogP) is 3.37. The van der Waals surface area contributed by atoms with Crippen molar-refractivity contribution < 1.29 is 4.74 Å². The van der Waals surface area contributed by atoms with Crippen LogP contribution in [0.1, 0.15) is 43.4 Å². The molecule has 4 rings (SSSR count). The van der Waals surface area contributed by atoms with Gasteiger partial charge >= 0.3 is 0 Å². The topological polar surface area (TPSA) is 38.5 Å². The summed E-state index contributed by atoms with van der Waals surface area (Å²) < 4.78 is 6.13. The molecule has 0 atom stereocenters. The first-order valence-corrected chi connectivity index (χ1v) is 8.27. The Morgan fingerprint density at radius 3 is 3.00 bits per heavy atom. The van der Waals surface area contributed by atoms with E-state index < -0.39 is 0 Å². The van der Waals surface area contributed by atoms with Crippen molar-refractivity contribution in [3.63, 3.8) is 0 Å². The van der Waals surface area contributed by atoms with Gasteiger partial charge in [-0.15, -0.1) is 0 Å². The Morgan fingerprint density at radius 1 is 1.32 bits per heavy atom. The maximum absolute atomic E-state index is 6.13. The van der Waals surface area contributed by atoms with E-state index in [0.29, 0.717) is 6.61 Å². The number of hydrogen-bond donors (Lipinski definition) is 1. The van der Waals surface area contributed by atoms with Gasteiger partial charge in [0.05, 0.1) is 0 Å². The van der Waals surface area contributed by atoms with E-state index in [4.69, 9.17) is 10.5 Å². The fraction of sp³-hybridized carbons (Fsp3) is 0.474. The molecule has 0 saturated carbocycles. The zero-order chi connectivity index (χ0) is 15.3. The summed E-state index contributed by atoms with van der Waals surface area (Å²) >= 11 is 0. The van der Waals surface area contributed by atoms with Gasteiger partial charge in [0, 0.05) is 29.9 Å². The predicted molar refractivity (Wildman–Crippen MR) is 91.4 cm³/mol. The van der Waals surface area contributed by atoms with Crippen LogP contribution in [-0.2, 0) is 11.8 Å². The molecule has 0 bridgehead atoms. The lowest BCUT2D eigenvalue weighted by molar-refractivity contribution is 0.343. The molecule has 1 aromatic carbocycles. The minimum atomic E-state index is 0.238. The maximum Gasteiger partial charge on any atom is 0.132 e. The van der Waals surface area contributed by atoms with Crippen LogP contribution in [0, 0.1) is 0 Å². The van der Waals surface area contributed by atoms with E-state index in [1.807, 2.05) is 6.08 Å². The number of anilines is 1. The third-order valence-electron chi connectivity index (χ3n) is 5.32. The molecule has 3 heterocycles. The lowest BCUT2D eigenvalue weighted by Gasteiger charge is -2.44. The third kappa shape index (κ3) is 1.95. The lowest BCUT2D eigenvalue weighted by atomic mass is 9.74. The van der Waals surface area contributed by atoms with Crippen molar-refractivity contribution in [3.8, 4) is 5.75 Å². The van der Waals surface area contributed by atoms with E-state index in [0.717, 1.165) is 17.7 Å². The van der Waals surface area contributed by atoms with Crippen LogP contribution in [0.3, 0.4) is 0 Å². The van der Waals surface area contributed by atoms with Gasteiger partial charge in [-0.3, -0.25) is 0 Å². The highest BCUT2D eigenvalue weighted by Gasteiger charge is 2.37. The van der Waals surface area contributed by atoms with Crippen LogP contribution in [0.4, 0.5) is 5.69 Å². The maximum atomic E-state index is 6.13. The van der Waals surface area contributed by atoms with E-state index in [-0.39, 0.29) is 5.41 Å². The number of hydrogen-bond acceptors (Lipinski definition) is 3. The number of fused-ring (bicyclic) bond motifs is 2. The first-order chi connectivity index (χ1) is 10.6. The van der Waals surface area contributed by atoms with E-state index in [1.54, 1.807) is 6.20 Å². The summed E-state index contributed by atoms with van der Waals surface area (Å²) in [5.74, 6) is 1.11. The fourth-order valence-electron chi connectivity index (χ4n) is 4.07. The molecule has 0 aliphatic carbocycles. The molecule has 0 spiro atoms. The summed E-state index contributed by atoms with van der Waals surface area (Å²) in [4.78, 5) is 2.57. The van der Waals surface area contributed by atoms with Crippen LogP contribution in [0.5, 0.6) is 5.75 Å². The summed E-state index contributed by atoms with van der Waals surface area (Å²) in [7, 11) is 0. The van der Waals surface area contributed by atoms with Gasteiger partial charge in [-0.2, -0.15) is 0 Å². The van der Waals surface area contributed by atoms with Crippen LogP contribution in [0.15, 0.2) is 23.9 Å². The second-order valence-corrected chi connectivity index (χ2v) is 7.26. The average molecular weight is 296 g/mol. The highest BCUT2D eigenvalue weighted by Crippen LogP contribution is 2.49. The van der Waals surface area contributed by atoms with Crippen molar-refractivity contribution in [1.82, 2.24) is 0 Å². The minimum absolute atomic E-state index is 0.238. The smallest absolute Gasteiger partial charge is 0.132 e. The first kappa shape index (κ1) is 13.7. The lowest BCUT2D eigenvalue weighted by Crippen LogP contribution is -2.41. The van der Waals surface area contributed by atoms with Crippen molar-refractivity contribution >= 4 is 11.8 Å². The Kier molecular flexibility index (Phi) is 3.00. The number of nitrogens with zero attached hydrogens (tertiary/aromatic N) is 1. The van der Waals surface area contributed by atoms with Crippen molar-refractivity contribution in [3.05, 3.63) is 40.6 Å². The van der Waals surface area contributed by atoms with Gasteiger partial charge in [0.1, 0.15) is 12.4 Å². The van der Waals surface area contributed by atoms with Gasteiger partial charge in [0.25, 0.3) is 0 Å². The highest BCUT2D eigenvalue weighted by molar-refractivity contribution is 5.77. The molecule has 116 valence electrons. The second-order valence-electron chi connectivity index (χ2n) is 7.26. The molecular formula is C19H24N2O. The highest BCUT2D eigenvalue weighted by atomic mass is 16.5. The normalized spacial score (nSPS) is 21.9.